The number of hydrogen-bond donors (Lipinski definition) is 1. The number of piperazine rings is 1. The predicted octanol–water partition coefficient (Wildman–Crippen LogP) is 3.17. The molecule has 2 aliphatic rings. The molecule has 1 aromatic carbocycles. The van der Waals surface area contributed by atoms with Crippen molar-refractivity contribution < 1.29 is 22.5 Å². The van der Waals surface area contributed by atoms with Crippen molar-refractivity contribution in [3.8, 4) is 11.6 Å². The van der Waals surface area contributed by atoms with Crippen LogP contribution in [0.2, 0.25) is 5.02 Å². The van der Waals surface area contributed by atoms with Crippen LogP contribution in [0.5, 0.6) is 0 Å². The van der Waals surface area contributed by atoms with Gasteiger partial charge in [-0.05, 0) is 30.5 Å². The van der Waals surface area contributed by atoms with Gasteiger partial charge in [-0.2, -0.15) is 10.1 Å². The molecule has 3 heterocycles. The van der Waals surface area contributed by atoms with Gasteiger partial charge in [0.1, 0.15) is 18.1 Å². The zero-order chi connectivity index (χ0) is 23.2. The number of carbonyl (C=O) groups is 1. The van der Waals surface area contributed by atoms with Crippen LogP contribution in [0, 0.1) is 5.82 Å². The molecule has 8 nitrogen and oxygen atoms in total. The van der Waals surface area contributed by atoms with E-state index in [0.717, 1.165) is 10.7 Å². The fourth-order valence-corrected chi connectivity index (χ4v) is 4.42. The van der Waals surface area contributed by atoms with Crippen molar-refractivity contribution in [2.75, 3.05) is 26.2 Å². The third-order valence-electron chi connectivity index (χ3n) is 6.08. The molecule has 5 rings (SSSR count). The molecular formula is C21H20ClF3N6O2. The summed E-state index contributed by atoms with van der Waals surface area (Å²) in [7, 11) is 0. The van der Waals surface area contributed by atoms with Gasteiger partial charge in [-0.25, -0.2) is 13.2 Å². The number of alkyl halides is 2. The van der Waals surface area contributed by atoms with Gasteiger partial charge in [0.2, 0.25) is 5.91 Å². The first-order valence-corrected chi connectivity index (χ1v) is 10.9. The molecule has 3 aromatic rings. The highest BCUT2D eigenvalue weighted by Crippen LogP contribution is 2.54. The number of amides is 1. The molecular weight excluding hydrogens is 461 g/mol. The van der Waals surface area contributed by atoms with E-state index < -0.39 is 23.4 Å². The van der Waals surface area contributed by atoms with E-state index in [1.165, 1.54) is 6.07 Å². The topological polar surface area (TPSA) is 89.1 Å². The third kappa shape index (κ3) is 3.99. The van der Waals surface area contributed by atoms with Crippen LogP contribution in [0.25, 0.3) is 11.6 Å². The van der Waals surface area contributed by atoms with Gasteiger partial charge in [0, 0.05) is 26.2 Å². The summed E-state index contributed by atoms with van der Waals surface area (Å²) < 4.78 is 47.6. The lowest BCUT2D eigenvalue weighted by molar-refractivity contribution is -0.132. The van der Waals surface area contributed by atoms with E-state index in [1.54, 1.807) is 17.0 Å². The number of rotatable bonds is 6. The number of nitrogens with one attached hydrogen (secondary N) is 1. The maximum atomic E-state index is 14.0. The Kier molecular flexibility index (Phi) is 5.61. The van der Waals surface area contributed by atoms with Crippen LogP contribution >= 0.6 is 11.6 Å². The van der Waals surface area contributed by atoms with E-state index in [4.69, 9.17) is 16.1 Å². The molecule has 2 fully saturated rings. The Morgan fingerprint density at radius 1 is 1.27 bits per heavy atom. The molecule has 33 heavy (non-hydrogen) atoms. The smallest absolute Gasteiger partial charge is 0.280 e. The average Bonchev–Trinajstić information content (AvgIpc) is 3.26. The standard InChI is InChI=1S/C21H20ClF3N6O2/c22-17-12(2-1-3-13(17)23)21(4-5-21)20-27-19(33-29-20)14-10-15(18(24)25)31(28-14)11-16(32)30-8-6-26-7-9-30/h1-3,10,18,26H,4-9,11H2. The number of nitrogens with zero attached hydrogens (tertiary/aromatic N) is 5. The first-order chi connectivity index (χ1) is 15.9. The van der Waals surface area contributed by atoms with Crippen molar-refractivity contribution in [2.45, 2.75) is 31.2 Å². The lowest BCUT2D eigenvalue weighted by Gasteiger charge is -2.27. The number of hydrogen-bond acceptors (Lipinski definition) is 6. The Bertz CT molecular complexity index is 1190. The number of benzene rings is 1. The third-order valence-corrected chi connectivity index (χ3v) is 6.46. The normalized spacial score (nSPS) is 17.5. The summed E-state index contributed by atoms with van der Waals surface area (Å²) in [6.45, 7) is 2.01. The fourth-order valence-electron chi connectivity index (χ4n) is 4.11. The summed E-state index contributed by atoms with van der Waals surface area (Å²) in [5, 5.41) is 11.3. The van der Waals surface area contributed by atoms with Crippen LogP contribution in [-0.2, 0) is 16.8 Å². The van der Waals surface area contributed by atoms with Gasteiger partial charge in [-0.3, -0.25) is 9.48 Å². The largest absolute Gasteiger partial charge is 0.339 e. The number of carbonyl (C=O) groups excluding carboxylic acids is 1. The van der Waals surface area contributed by atoms with Gasteiger partial charge >= 0.3 is 0 Å². The van der Waals surface area contributed by atoms with Crippen molar-refractivity contribution in [1.29, 1.82) is 0 Å². The maximum Gasteiger partial charge on any atom is 0.280 e. The van der Waals surface area contributed by atoms with Crippen molar-refractivity contribution in [3.63, 3.8) is 0 Å². The molecule has 0 atom stereocenters. The minimum absolute atomic E-state index is 0.00274. The first kappa shape index (κ1) is 21.9. The first-order valence-electron chi connectivity index (χ1n) is 10.5. The van der Waals surface area contributed by atoms with Gasteiger partial charge in [0.15, 0.2) is 11.5 Å². The van der Waals surface area contributed by atoms with Gasteiger partial charge in [0.05, 0.1) is 10.4 Å². The molecule has 1 saturated heterocycles. The van der Waals surface area contributed by atoms with Crippen molar-refractivity contribution in [3.05, 3.63) is 52.2 Å². The molecule has 12 heteroatoms. The zero-order valence-corrected chi connectivity index (χ0v) is 18.2. The number of halogens is 4. The molecule has 1 aliphatic carbocycles. The van der Waals surface area contributed by atoms with Gasteiger partial charge in [0.25, 0.3) is 12.3 Å². The van der Waals surface area contributed by atoms with E-state index in [2.05, 4.69) is 20.6 Å². The van der Waals surface area contributed by atoms with Gasteiger partial charge in [-0.1, -0.05) is 28.9 Å². The van der Waals surface area contributed by atoms with E-state index in [9.17, 15) is 18.0 Å². The van der Waals surface area contributed by atoms with E-state index >= 15 is 0 Å². The monoisotopic (exact) mass is 480 g/mol. The summed E-state index contributed by atoms with van der Waals surface area (Å²) in [6.07, 6.45) is -1.55. The summed E-state index contributed by atoms with van der Waals surface area (Å²) in [6, 6.07) is 5.68. The molecule has 1 aliphatic heterocycles. The molecule has 1 saturated carbocycles. The average molecular weight is 481 g/mol. The maximum absolute atomic E-state index is 14.0. The fraction of sp³-hybridized carbons (Fsp3) is 0.429. The molecule has 0 unspecified atom stereocenters. The predicted molar refractivity (Wildman–Crippen MR) is 111 cm³/mol. The Morgan fingerprint density at radius 3 is 2.73 bits per heavy atom. The minimum atomic E-state index is -2.84. The van der Waals surface area contributed by atoms with E-state index in [-0.39, 0.29) is 34.9 Å². The van der Waals surface area contributed by atoms with Crippen LogP contribution < -0.4 is 5.32 Å². The van der Waals surface area contributed by atoms with Crippen LogP contribution in [0.4, 0.5) is 13.2 Å². The second-order valence-electron chi connectivity index (χ2n) is 8.15. The lowest BCUT2D eigenvalue weighted by atomic mass is 9.95. The van der Waals surface area contributed by atoms with Crippen LogP contribution in [0.3, 0.4) is 0 Å². The Hall–Kier alpha value is -2.92. The highest BCUT2D eigenvalue weighted by molar-refractivity contribution is 6.31. The Balaban J connectivity index is 1.42. The summed E-state index contributed by atoms with van der Waals surface area (Å²) in [5.74, 6) is -0.607. The minimum Gasteiger partial charge on any atom is -0.339 e. The van der Waals surface area contributed by atoms with E-state index in [0.29, 0.717) is 44.6 Å². The van der Waals surface area contributed by atoms with Crippen LogP contribution in [0.1, 0.15) is 36.3 Å². The van der Waals surface area contributed by atoms with Crippen molar-refractivity contribution >= 4 is 17.5 Å². The van der Waals surface area contributed by atoms with Gasteiger partial charge in [-0.15, -0.1) is 0 Å². The SMILES string of the molecule is O=C(Cn1nc(-c2nc(C3(c4cccc(F)c4Cl)CC3)no2)cc1C(F)F)N1CCNCC1. The Morgan fingerprint density at radius 2 is 2.03 bits per heavy atom. The molecule has 1 N–H and O–H groups in total. The molecule has 174 valence electrons. The van der Waals surface area contributed by atoms with Gasteiger partial charge < -0.3 is 14.7 Å². The number of aromatic nitrogens is 4. The Labute approximate surface area is 191 Å². The van der Waals surface area contributed by atoms with Crippen LogP contribution in [-0.4, -0.2) is 56.9 Å². The summed E-state index contributed by atoms with van der Waals surface area (Å²) in [4.78, 5) is 18.5. The molecule has 0 spiro atoms. The summed E-state index contributed by atoms with van der Waals surface area (Å²) in [5.41, 5.74) is -0.509. The zero-order valence-electron chi connectivity index (χ0n) is 17.4. The highest BCUT2D eigenvalue weighted by atomic mass is 35.5. The van der Waals surface area contributed by atoms with Crippen molar-refractivity contribution in [1.82, 2.24) is 30.1 Å². The molecule has 1 amide bonds. The van der Waals surface area contributed by atoms with E-state index in [1.807, 2.05) is 0 Å². The molecule has 2 aromatic heterocycles. The second kappa shape index (κ2) is 8.45. The lowest BCUT2D eigenvalue weighted by Crippen LogP contribution is -2.47. The van der Waals surface area contributed by atoms with Crippen LogP contribution in [0.15, 0.2) is 28.8 Å². The molecule has 0 radical (unpaired) electrons. The quantitative estimate of drug-likeness (QED) is 0.583. The van der Waals surface area contributed by atoms with Crippen molar-refractivity contribution in [2.24, 2.45) is 0 Å². The second-order valence-corrected chi connectivity index (χ2v) is 8.53. The summed E-state index contributed by atoms with van der Waals surface area (Å²) >= 11 is 6.16. The highest BCUT2D eigenvalue weighted by Gasteiger charge is 2.51. The molecule has 0 bridgehead atoms.